The predicted octanol–water partition coefficient (Wildman–Crippen LogP) is 4.47. The number of halogens is 1. The van der Waals surface area contributed by atoms with Crippen LogP contribution in [0.25, 0.3) is 16.8 Å². The molecule has 6 nitrogen and oxygen atoms in total. The van der Waals surface area contributed by atoms with Crippen LogP contribution in [0.4, 0.5) is 4.39 Å². The van der Waals surface area contributed by atoms with Crippen LogP contribution in [0.3, 0.4) is 0 Å². The van der Waals surface area contributed by atoms with Gasteiger partial charge in [-0.15, -0.1) is 0 Å². The minimum Gasteiger partial charge on any atom is -0.493 e. The summed E-state index contributed by atoms with van der Waals surface area (Å²) in [5, 5.41) is 4.41. The predicted molar refractivity (Wildman–Crippen MR) is 113 cm³/mol. The number of fused-ring (bicyclic) bond motifs is 2. The molecule has 2 aromatic carbocycles. The molecule has 1 aliphatic rings. The van der Waals surface area contributed by atoms with Gasteiger partial charge in [0.25, 0.3) is 0 Å². The van der Waals surface area contributed by atoms with Gasteiger partial charge in [-0.2, -0.15) is 5.10 Å². The lowest BCUT2D eigenvalue weighted by Crippen LogP contribution is -2.21. The third-order valence-electron chi connectivity index (χ3n) is 5.78. The molecule has 0 fully saturated rings. The third kappa shape index (κ3) is 3.32. The van der Waals surface area contributed by atoms with E-state index in [1.54, 1.807) is 43.3 Å². The monoisotopic (exact) mass is 417 g/mol. The summed E-state index contributed by atoms with van der Waals surface area (Å²) in [4.78, 5) is 17.7. The van der Waals surface area contributed by atoms with Crippen molar-refractivity contribution in [2.75, 3.05) is 14.2 Å². The zero-order chi connectivity index (χ0) is 21.5. The maximum absolute atomic E-state index is 13.3. The van der Waals surface area contributed by atoms with Crippen molar-refractivity contribution >= 4 is 11.4 Å². The van der Waals surface area contributed by atoms with Crippen molar-refractivity contribution in [3.63, 3.8) is 0 Å². The number of methoxy groups -OCH3 is 2. The van der Waals surface area contributed by atoms with Gasteiger partial charge in [0.05, 0.1) is 31.7 Å². The van der Waals surface area contributed by atoms with Gasteiger partial charge in [-0.1, -0.05) is 18.2 Å². The van der Waals surface area contributed by atoms with E-state index in [0.29, 0.717) is 35.6 Å². The smallest absolute Gasteiger partial charge is 0.166 e. The van der Waals surface area contributed by atoms with Gasteiger partial charge in [-0.05, 0) is 47.7 Å². The summed E-state index contributed by atoms with van der Waals surface area (Å²) in [7, 11) is 3.18. The number of rotatable bonds is 4. The molecule has 7 heteroatoms. The van der Waals surface area contributed by atoms with E-state index in [-0.39, 0.29) is 17.5 Å². The molecular formula is C24H20FN3O3. The molecule has 4 aromatic rings. The lowest BCUT2D eigenvalue weighted by atomic mass is 9.82. The molecule has 0 N–H and O–H groups in total. The average Bonchev–Trinajstić information content (AvgIpc) is 3.20. The minimum absolute atomic E-state index is 0.0214. The first-order valence-electron chi connectivity index (χ1n) is 9.95. The number of benzene rings is 2. The van der Waals surface area contributed by atoms with Gasteiger partial charge >= 0.3 is 0 Å². The zero-order valence-electron chi connectivity index (χ0n) is 17.1. The van der Waals surface area contributed by atoms with Crippen molar-refractivity contribution in [3.8, 4) is 22.6 Å². The molecule has 2 aromatic heterocycles. The molecule has 5 rings (SSSR count). The topological polar surface area (TPSA) is 65.7 Å². The van der Waals surface area contributed by atoms with Crippen LogP contribution in [0.15, 0.2) is 54.9 Å². The molecule has 0 saturated heterocycles. The molecule has 0 amide bonds. The van der Waals surface area contributed by atoms with Gasteiger partial charge in [0.2, 0.25) is 0 Å². The molecule has 1 aliphatic carbocycles. The number of Topliss-reactive ketones (excluding diaryl/α,β-unsaturated/α-hetero) is 1. The number of hydrogen-bond donors (Lipinski definition) is 0. The van der Waals surface area contributed by atoms with E-state index in [9.17, 15) is 9.18 Å². The van der Waals surface area contributed by atoms with Crippen molar-refractivity contribution in [2.45, 2.75) is 18.8 Å². The Labute approximate surface area is 178 Å². The molecular weight excluding hydrogens is 397 g/mol. The molecule has 0 aliphatic heterocycles. The molecule has 156 valence electrons. The SMILES string of the molecule is COc1ccc(-c2cnn3cc4c(nc23)CC(c2ccc(F)cc2)CC4=O)cc1OC. The summed E-state index contributed by atoms with van der Waals surface area (Å²) in [6.07, 6.45) is 4.47. The van der Waals surface area contributed by atoms with Crippen molar-refractivity contribution in [3.05, 3.63) is 77.5 Å². The van der Waals surface area contributed by atoms with E-state index in [4.69, 9.17) is 14.5 Å². The molecule has 2 heterocycles. The molecule has 0 radical (unpaired) electrons. The summed E-state index contributed by atoms with van der Waals surface area (Å²) >= 11 is 0. The number of ketones is 1. The highest BCUT2D eigenvalue weighted by Gasteiger charge is 2.29. The van der Waals surface area contributed by atoms with Gasteiger partial charge in [-0.3, -0.25) is 4.79 Å². The van der Waals surface area contributed by atoms with Crippen LogP contribution in [-0.4, -0.2) is 34.6 Å². The fourth-order valence-electron chi connectivity index (χ4n) is 4.15. The first kappa shape index (κ1) is 19.2. The second kappa shape index (κ2) is 7.50. The van der Waals surface area contributed by atoms with Crippen molar-refractivity contribution in [1.29, 1.82) is 0 Å². The van der Waals surface area contributed by atoms with Crippen LogP contribution in [0.5, 0.6) is 11.5 Å². The van der Waals surface area contributed by atoms with Gasteiger partial charge in [0, 0.05) is 18.2 Å². The van der Waals surface area contributed by atoms with Crippen LogP contribution in [0.1, 0.15) is 34.0 Å². The van der Waals surface area contributed by atoms with Crippen LogP contribution < -0.4 is 9.47 Å². The Bertz CT molecular complexity index is 1300. The summed E-state index contributed by atoms with van der Waals surface area (Å²) in [5.41, 5.74) is 4.65. The standard InChI is InChI=1S/C24H20FN3O3/c1-30-22-8-5-15(11-23(22)31-2)18-12-26-28-13-19-20(27-24(18)28)9-16(10-21(19)29)14-3-6-17(25)7-4-14/h3-8,11-13,16H,9-10H2,1-2H3. The quantitative estimate of drug-likeness (QED) is 0.490. The highest BCUT2D eigenvalue weighted by Crippen LogP contribution is 2.36. The third-order valence-corrected chi connectivity index (χ3v) is 5.78. The Balaban J connectivity index is 1.57. The molecule has 0 bridgehead atoms. The van der Waals surface area contributed by atoms with Gasteiger partial charge in [0.1, 0.15) is 5.82 Å². The minimum atomic E-state index is -0.287. The molecule has 1 atom stereocenters. The largest absolute Gasteiger partial charge is 0.493 e. The fraction of sp³-hybridized carbons (Fsp3) is 0.208. The van der Waals surface area contributed by atoms with Crippen LogP contribution >= 0.6 is 0 Å². The zero-order valence-corrected chi connectivity index (χ0v) is 17.1. The van der Waals surface area contributed by atoms with Crippen molar-refractivity contribution in [2.24, 2.45) is 0 Å². The Hall–Kier alpha value is -3.74. The van der Waals surface area contributed by atoms with E-state index in [0.717, 1.165) is 22.4 Å². The second-order valence-electron chi connectivity index (χ2n) is 7.58. The van der Waals surface area contributed by atoms with E-state index in [1.165, 1.54) is 12.1 Å². The van der Waals surface area contributed by atoms with E-state index in [1.807, 2.05) is 18.2 Å². The van der Waals surface area contributed by atoms with Gasteiger partial charge in [0.15, 0.2) is 22.9 Å². The van der Waals surface area contributed by atoms with Crippen molar-refractivity contribution in [1.82, 2.24) is 14.6 Å². The summed E-state index contributed by atoms with van der Waals surface area (Å²) in [5.74, 6) is 0.964. The van der Waals surface area contributed by atoms with Crippen LogP contribution in [-0.2, 0) is 6.42 Å². The summed E-state index contributed by atoms with van der Waals surface area (Å²) in [6, 6.07) is 12.0. The number of carbonyl (C=O) groups is 1. The fourth-order valence-corrected chi connectivity index (χ4v) is 4.15. The van der Waals surface area contributed by atoms with E-state index >= 15 is 0 Å². The van der Waals surface area contributed by atoms with E-state index in [2.05, 4.69) is 5.10 Å². The van der Waals surface area contributed by atoms with Crippen molar-refractivity contribution < 1.29 is 18.7 Å². The number of ether oxygens (including phenoxy) is 2. The molecule has 1 unspecified atom stereocenters. The lowest BCUT2D eigenvalue weighted by molar-refractivity contribution is 0.0962. The normalized spacial score (nSPS) is 15.7. The Morgan fingerprint density at radius 3 is 2.52 bits per heavy atom. The summed E-state index contributed by atoms with van der Waals surface area (Å²) in [6.45, 7) is 0. The molecule has 31 heavy (non-hydrogen) atoms. The Morgan fingerprint density at radius 2 is 1.77 bits per heavy atom. The van der Waals surface area contributed by atoms with Crippen LogP contribution in [0.2, 0.25) is 0 Å². The molecule has 0 spiro atoms. The number of nitrogens with zero attached hydrogens (tertiary/aromatic N) is 3. The van der Waals surface area contributed by atoms with Gasteiger partial charge in [-0.25, -0.2) is 13.9 Å². The maximum Gasteiger partial charge on any atom is 0.166 e. The lowest BCUT2D eigenvalue weighted by Gasteiger charge is -2.23. The Morgan fingerprint density at radius 1 is 1.00 bits per heavy atom. The second-order valence-corrected chi connectivity index (χ2v) is 7.58. The van der Waals surface area contributed by atoms with Crippen LogP contribution in [0, 0.1) is 5.82 Å². The first-order chi connectivity index (χ1) is 15.1. The highest BCUT2D eigenvalue weighted by molar-refractivity contribution is 5.99. The molecule has 0 saturated carbocycles. The number of carbonyl (C=O) groups excluding carboxylic acids is 1. The van der Waals surface area contributed by atoms with E-state index < -0.39 is 0 Å². The maximum atomic E-state index is 13.3. The number of hydrogen-bond acceptors (Lipinski definition) is 5. The number of aromatic nitrogens is 3. The summed E-state index contributed by atoms with van der Waals surface area (Å²) < 4.78 is 25.7. The first-order valence-corrected chi connectivity index (χ1v) is 9.95. The average molecular weight is 417 g/mol. The van der Waals surface area contributed by atoms with Gasteiger partial charge < -0.3 is 9.47 Å². The Kier molecular flexibility index (Phi) is 4.66. The highest BCUT2D eigenvalue weighted by atomic mass is 19.1.